The maximum Gasteiger partial charge on any atom is 0.308 e. The standard InChI is InChI=1S/C20H16O8/c1-9(21)27-19-16(22-2)6-15-17(20(19)23-3)18-11(7-24-15)10-4-13-14(26-8-25-13)5-12(10)28-18/h4-6H,7-8H2,1-3H3. The Morgan fingerprint density at radius 2 is 1.75 bits per heavy atom. The fourth-order valence-electron chi connectivity index (χ4n) is 3.54. The van der Waals surface area contributed by atoms with E-state index in [2.05, 4.69) is 0 Å². The molecular weight excluding hydrogens is 368 g/mol. The molecule has 0 fully saturated rings. The fraction of sp³-hybridized carbons (Fsp3) is 0.250. The highest BCUT2D eigenvalue weighted by Gasteiger charge is 2.33. The number of benzene rings is 2. The normalized spacial score (nSPS) is 13.5. The summed E-state index contributed by atoms with van der Waals surface area (Å²) in [6.45, 7) is 1.79. The molecule has 0 atom stereocenters. The van der Waals surface area contributed by atoms with Crippen molar-refractivity contribution in [3.8, 4) is 45.8 Å². The van der Waals surface area contributed by atoms with Crippen LogP contribution in [0.15, 0.2) is 22.6 Å². The van der Waals surface area contributed by atoms with Gasteiger partial charge in [0.05, 0.1) is 14.2 Å². The van der Waals surface area contributed by atoms with Crippen LogP contribution in [-0.2, 0) is 11.4 Å². The van der Waals surface area contributed by atoms with Gasteiger partial charge in [-0.05, 0) is 6.07 Å². The second-order valence-corrected chi connectivity index (χ2v) is 6.31. The lowest BCUT2D eigenvalue weighted by molar-refractivity contribution is -0.132. The van der Waals surface area contributed by atoms with E-state index in [9.17, 15) is 4.79 Å². The molecule has 1 aromatic heterocycles. The number of carbonyl (C=O) groups is 1. The first-order valence-corrected chi connectivity index (χ1v) is 8.56. The summed E-state index contributed by atoms with van der Waals surface area (Å²) in [6.07, 6.45) is 0. The van der Waals surface area contributed by atoms with Gasteiger partial charge in [0.15, 0.2) is 23.0 Å². The highest BCUT2D eigenvalue weighted by molar-refractivity contribution is 5.95. The van der Waals surface area contributed by atoms with Crippen molar-refractivity contribution in [2.75, 3.05) is 21.0 Å². The molecule has 2 aliphatic heterocycles. The number of rotatable bonds is 3. The van der Waals surface area contributed by atoms with Gasteiger partial charge in [0.1, 0.15) is 29.3 Å². The van der Waals surface area contributed by atoms with Gasteiger partial charge in [-0.3, -0.25) is 4.79 Å². The highest BCUT2D eigenvalue weighted by Crippen LogP contribution is 2.55. The summed E-state index contributed by atoms with van der Waals surface area (Å²) in [4.78, 5) is 11.6. The molecule has 0 amide bonds. The van der Waals surface area contributed by atoms with Gasteiger partial charge in [0.25, 0.3) is 0 Å². The van der Waals surface area contributed by atoms with Gasteiger partial charge >= 0.3 is 5.97 Å². The van der Waals surface area contributed by atoms with Crippen molar-refractivity contribution in [1.29, 1.82) is 0 Å². The number of hydrogen-bond donors (Lipinski definition) is 0. The maximum absolute atomic E-state index is 11.6. The Labute approximate surface area is 159 Å². The summed E-state index contributed by atoms with van der Waals surface area (Å²) in [7, 11) is 2.96. The topological polar surface area (TPSA) is 85.6 Å². The van der Waals surface area contributed by atoms with E-state index in [0.717, 1.165) is 10.9 Å². The minimum atomic E-state index is -0.496. The van der Waals surface area contributed by atoms with Crippen molar-refractivity contribution in [3.05, 3.63) is 23.8 Å². The van der Waals surface area contributed by atoms with Crippen LogP contribution in [0.1, 0.15) is 12.5 Å². The van der Waals surface area contributed by atoms with Crippen LogP contribution >= 0.6 is 0 Å². The maximum atomic E-state index is 11.6. The molecule has 0 saturated carbocycles. The summed E-state index contributed by atoms with van der Waals surface area (Å²) in [5.74, 6) is 2.66. The minimum Gasteiger partial charge on any atom is -0.493 e. The van der Waals surface area contributed by atoms with Crippen LogP contribution in [-0.4, -0.2) is 27.0 Å². The number of furan rings is 1. The monoisotopic (exact) mass is 384 g/mol. The van der Waals surface area contributed by atoms with E-state index in [1.54, 1.807) is 12.1 Å². The van der Waals surface area contributed by atoms with Crippen LogP contribution in [0, 0.1) is 0 Å². The van der Waals surface area contributed by atoms with Crippen molar-refractivity contribution < 1.29 is 37.6 Å². The van der Waals surface area contributed by atoms with Gasteiger partial charge in [-0.2, -0.15) is 0 Å². The molecule has 144 valence electrons. The van der Waals surface area contributed by atoms with Crippen LogP contribution in [0.2, 0.25) is 0 Å². The first-order chi connectivity index (χ1) is 13.6. The summed E-state index contributed by atoms with van der Waals surface area (Å²) >= 11 is 0. The number of ether oxygens (including phenoxy) is 6. The van der Waals surface area contributed by atoms with E-state index >= 15 is 0 Å². The van der Waals surface area contributed by atoms with Gasteiger partial charge in [-0.25, -0.2) is 0 Å². The molecule has 0 spiro atoms. The van der Waals surface area contributed by atoms with Crippen molar-refractivity contribution in [3.63, 3.8) is 0 Å². The molecule has 0 N–H and O–H groups in total. The highest BCUT2D eigenvalue weighted by atomic mass is 16.7. The first-order valence-electron chi connectivity index (χ1n) is 8.56. The number of hydrogen-bond acceptors (Lipinski definition) is 8. The lowest BCUT2D eigenvalue weighted by Crippen LogP contribution is -2.09. The van der Waals surface area contributed by atoms with Gasteiger partial charge in [-0.1, -0.05) is 0 Å². The fourth-order valence-corrected chi connectivity index (χ4v) is 3.54. The molecular formula is C20H16O8. The van der Waals surface area contributed by atoms with Gasteiger partial charge in [-0.15, -0.1) is 0 Å². The largest absolute Gasteiger partial charge is 0.493 e. The average Bonchev–Trinajstić information content (AvgIpc) is 3.28. The van der Waals surface area contributed by atoms with E-state index in [0.29, 0.717) is 52.3 Å². The van der Waals surface area contributed by atoms with E-state index in [1.165, 1.54) is 21.1 Å². The average molecular weight is 384 g/mol. The number of carbonyl (C=O) groups excluding carboxylic acids is 1. The predicted octanol–water partition coefficient (Wildman–Crippen LogP) is 3.66. The van der Waals surface area contributed by atoms with E-state index < -0.39 is 5.97 Å². The summed E-state index contributed by atoms with van der Waals surface area (Å²) in [6, 6.07) is 5.31. The Kier molecular flexibility index (Phi) is 3.55. The van der Waals surface area contributed by atoms with Crippen LogP contribution in [0.3, 0.4) is 0 Å². The Morgan fingerprint density at radius 3 is 2.46 bits per heavy atom. The molecule has 3 heterocycles. The molecule has 0 unspecified atom stereocenters. The summed E-state index contributed by atoms with van der Waals surface area (Å²) in [5.41, 5.74) is 2.04. The SMILES string of the molecule is COc1cc2c(c(OC)c1OC(C)=O)-c1oc3cc4c(cc3c1CO2)OCO4. The number of esters is 1. The van der Waals surface area contributed by atoms with Crippen LogP contribution in [0.25, 0.3) is 22.3 Å². The van der Waals surface area contributed by atoms with E-state index in [4.69, 9.17) is 32.8 Å². The van der Waals surface area contributed by atoms with E-state index in [-0.39, 0.29) is 12.5 Å². The minimum absolute atomic E-state index is 0.169. The van der Waals surface area contributed by atoms with Crippen molar-refractivity contribution in [2.45, 2.75) is 13.5 Å². The molecule has 2 aliphatic rings. The van der Waals surface area contributed by atoms with Crippen LogP contribution in [0.4, 0.5) is 0 Å². The summed E-state index contributed by atoms with van der Waals surface area (Å²) < 4.78 is 39.3. The smallest absolute Gasteiger partial charge is 0.308 e. The second kappa shape index (κ2) is 5.98. The lowest BCUT2D eigenvalue weighted by Gasteiger charge is -2.22. The third-order valence-electron chi connectivity index (χ3n) is 4.72. The molecule has 3 aromatic rings. The molecule has 2 aromatic carbocycles. The third kappa shape index (κ3) is 2.27. The Morgan fingerprint density at radius 1 is 0.964 bits per heavy atom. The third-order valence-corrected chi connectivity index (χ3v) is 4.72. The lowest BCUT2D eigenvalue weighted by atomic mass is 10.0. The van der Waals surface area contributed by atoms with Crippen LogP contribution in [0.5, 0.6) is 34.5 Å². The van der Waals surface area contributed by atoms with Gasteiger partial charge < -0.3 is 32.8 Å². The Bertz CT molecular complexity index is 1130. The predicted molar refractivity (Wildman–Crippen MR) is 96.5 cm³/mol. The quantitative estimate of drug-likeness (QED) is 0.500. The van der Waals surface area contributed by atoms with Gasteiger partial charge in [0.2, 0.25) is 12.5 Å². The molecule has 28 heavy (non-hydrogen) atoms. The van der Waals surface area contributed by atoms with Crippen molar-refractivity contribution >= 4 is 16.9 Å². The Balaban J connectivity index is 1.78. The Hall–Kier alpha value is -3.55. The zero-order valence-corrected chi connectivity index (χ0v) is 15.4. The van der Waals surface area contributed by atoms with Crippen molar-refractivity contribution in [1.82, 2.24) is 0 Å². The number of fused-ring (bicyclic) bond motifs is 6. The molecule has 0 bridgehead atoms. The molecule has 5 rings (SSSR count). The summed E-state index contributed by atoms with van der Waals surface area (Å²) in [5, 5.41) is 0.858. The molecule has 0 saturated heterocycles. The van der Waals surface area contributed by atoms with Crippen molar-refractivity contribution in [2.24, 2.45) is 0 Å². The number of methoxy groups -OCH3 is 2. The first kappa shape index (κ1) is 16.6. The molecule has 0 radical (unpaired) electrons. The zero-order chi connectivity index (χ0) is 19.4. The second-order valence-electron chi connectivity index (χ2n) is 6.31. The zero-order valence-electron chi connectivity index (χ0n) is 15.4. The molecule has 8 heteroatoms. The van der Waals surface area contributed by atoms with Gasteiger partial charge in [0, 0.05) is 30.0 Å². The van der Waals surface area contributed by atoms with E-state index in [1.807, 2.05) is 6.07 Å². The molecule has 8 nitrogen and oxygen atoms in total. The molecule has 0 aliphatic carbocycles. The van der Waals surface area contributed by atoms with Crippen LogP contribution < -0.4 is 28.4 Å².